The van der Waals surface area contributed by atoms with E-state index in [1.807, 2.05) is 0 Å². The van der Waals surface area contributed by atoms with Crippen molar-refractivity contribution in [3.63, 3.8) is 0 Å². The highest BCUT2D eigenvalue weighted by Crippen LogP contribution is 2.09. The third-order valence-corrected chi connectivity index (χ3v) is 2.91. The smallest absolute Gasteiger partial charge is 0.224 e. The second-order valence-corrected chi connectivity index (χ2v) is 4.50. The lowest BCUT2D eigenvalue weighted by Gasteiger charge is -2.23. The molecule has 88 valence electrons. The monoisotopic (exact) mass is 214 g/mol. The van der Waals surface area contributed by atoms with E-state index in [4.69, 9.17) is 4.74 Å². The topological polar surface area (TPSA) is 50.4 Å². The van der Waals surface area contributed by atoms with E-state index in [9.17, 15) is 4.79 Å². The fourth-order valence-electron chi connectivity index (χ4n) is 1.76. The predicted octanol–water partition coefficient (Wildman–Crippen LogP) is 0.383. The van der Waals surface area contributed by atoms with Crippen LogP contribution >= 0.6 is 0 Å². The molecule has 0 aromatic rings. The lowest BCUT2D eigenvalue weighted by Crippen LogP contribution is -2.44. The van der Waals surface area contributed by atoms with Crippen LogP contribution in [0, 0.1) is 11.8 Å². The fourth-order valence-corrected chi connectivity index (χ4v) is 1.76. The number of hydrogen-bond acceptors (Lipinski definition) is 3. The summed E-state index contributed by atoms with van der Waals surface area (Å²) in [4.78, 5) is 11.8. The van der Waals surface area contributed by atoms with E-state index >= 15 is 0 Å². The predicted molar refractivity (Wildman–Crippen MR) is 59.6 cm³/mol. The van der Waals surface area contributed by atoms with Gasteiger partial charge in [0.15, 0.2) is 0 Å². The number of carbonyl (C=O) groups is 1. The first-order chi connectivity index (χ1) is 7.15. The summed E-state index contributed by atoms with van der Waals surface area (Å²) in [6.45, 7) is 6.54. The van der Waals surface area contributed by atoms with Crippen LogP contribution < -0.4 is 10.6 Å². The average Bonchev–Trinajstić information content (AvgIpc) is 2.69. The van der Waals surface area contributed by atoms with Crippen molar-refractivity contribution in [1.29, 1.82) is 0 Å². The van der Waals surface area contributed by atoms with Crippen molar-refractivity contribution >= 4 is 5.91 Å². The van der Waals surface area contributed by atoms with E-state index in [2.05, 4.69) is 24.5 Å². The average molecular weight is 214 g/mol. The zero-order chi connectivity index (χ0) is 11.3. The van der Waals surface area contributed by atoms with Crippen LogP contribution in [0.15, 0.2) is 0 Å². The van der Waals surface area contributed by atoms with Gasteiger partial charge in [0.2, 0.25) is 5.91 Å². The highest BCUT2D eigenvalue weighted by atomic mass is 16.5. The molecule has 15 heavy (non-hydrogen) atoms. The van der Waals surface area contributed by atoms with Gasteiger partial charge in [0, 0.05) is 13.7 Å². The van der Waals surface area contributed by atoms with Crippen molar-refractivity contribution in [1.82, 2.24) is 10.6 Å². The Morgan fingerprint density at radius 1 is 1.60 bits per heavy atom. The highest BCUT2D eigenvalue weighted by Gasteiger charge is 2.25. The van der Waals surface area contributed by atoms with E-state index in [-0.39, 0.29) is 17.9 Å². The van der Waals surface area contributed by atoms with Gasteiger partial charge in [-0.15, -0.1) is 0 Å². The molecule has 0 aromatic heterocycles. The number of amides is 1. The molecule has 0 aromatic carbocycles. The number of methoxy groups -OCH3 is 1. The summed E-state index contributed by atoms with van der Waals surface area (Å²) in [5.41, 5.74) is 0. The zero-order valence-corrected chi connectivity index (χ0v) is 9.88. The van der Waals surface area contributed by atoms with Crippen LogP contribution in [0.3, 0.4) is 0 Å². The molecule has 4 nitrogen and oxygen atoms in total. The minimum Gasteiger partial charge on any atom is -0.383 e. The summed E-state index contributed by atoms with van der Waals surface area (Å²) in [6, 6.07) is 0.128. The summed E-state index contributed by atoms with van der Waals surface area (Å²) in [5, 5.41) is 6.25. The third kappa shape index (κ3) is 3.80. The summed E-state index contributed by atoms with van der Waals surface area (Å²) in [5.74, 6) is 0.710. The molecule has 1 heterocycles. The van der Waals surface area contributed by atoms with Gasteiger partial charge in [0.1, 0.15) is 0 Å². The quantitative estimate of drug-likeness (QED) is 0.696. The molecule has 0 radical (unpaired) electrons. The van der Waals surface area contributed by atoms with Gasteiger partial charge in [0.05, 0.1) is 18.6 Å². The van der Waals surface area contributed by atoms with Gasteiger partial charge in [-0.3, -0.25) is 4.79 Å². The molecule has 2 atom stereocenters. The Morgan fingerprint density at radius 2 is 2.33 bits per heavy atom. The molecular weight excluding hydrogens is 192 g/mol. The van der Waals surface area contributed by atoms with E-state index in [1.54, 1.807) is 7.11 Å². The Kier molecular flexibility index (Phi) is 5.05. The molecule has 1 aliphatic rings. The molecule has 1 aliphatic heterocycles. The van der Waals surface area contributed by atoms with Crippen LogP contribution in [0.5, 0.6) is 0 Å². The van der Waals surface area contributed by atoms with Gasteiger partial charge in [-0.05, 0) is 18.9 Å². The van der Waals surface area contributed by atoms with Gasteiger partial charge >= 0.3 is 0 Å². The van der Waals surface area contributed by atoms with E-state index in [0.717, 1.165) is 19.5 Å². The molecule has 4 heteroatoms. The Hall–Kier alpha value is -0.610. The maximum atomic E-state index is 11.8. The minimum absolute atomic E-state index is 0.128. The third-order valence-electron chi connectivity index (χ3n) is 2.91. The largest absolute Gasteiger partial charge is 0.383 e. The van der Waals surface area contributed by atoms with E-state index in [0.29, 0.717) is 12.5 Å². The van der Waals surface area contributed by atoms with Crippen molar-refractivity contribution < 1.29 is 9.53 Å². The van der Waals surface area contributed by atoms with Gasteiger partial charge in [-0.2, -0.15) is 0 Å². The summed E-state index contributed by atoms with van der Waals surface area (Å²) in [6.07, 6.45) is 0.948. The van der Waals surface area contributed by atoms with Crippen LogP contribution in [-0.2, 0) is 9.53 Å². The number of rotatable bonds is 5. The molecule has 1 rings (SSSR count). The van der Waals surface area contributed by atoms with Crippen molar-refractivity contribution in [2.45, 2.75) is 26.3 Å². The molecule has 2 N–H and O–H groups in total. The van der Waals surface area contributed by atoms with Crippen LogP contribution in [-0.4, -0.2) is 38.8 Å². The number of ether oxygens (including phenoxy) is 1. The maximum Gasteiger partial charge on any atom is 0.224 e. The molecule has 2 unspecified atom stereocenters. The van der Waals surface area contributed by atoms with Crippen LogP contribution in [0.1, 0.15) is 20.3 Å². The standard InChI is InChI=1S/C11H22N2O2/c1-8(2)10(7-15-3)13-11(14)9-4-5-12-6-9/h8-10,12H,4-7H2,1-3H3,(H,13,14). The Balaban J connectivity index is 2.38. The Bertz CT molecular complexity index is 201. The Morgan fingerprint density at radius 3 is 2.80 bits per heavy atom. The summed E-state index contributed by atoms with van der Waals surface area (Å²) >= 11 is 0. The molecule has 0 bridgehead atoms. The molecule has 0 aliphatic carbocycles. The molecule has 0 saturated carbocycles. The van der Waals surface area contributed by atoms with Crippen LogP contribution in [0.25, 0.3) is 0 Å². The molecule has 1 fully saturated rings. The normalized spacial score (nSPS) is 23.1. The lowest BCUT2D eigenvalue weighted by atomic mass is 10.0. The van der Waals surface area contributed by atoms with Crippen molar-refractivity contribution in [2.75, 3.05) is 26.8 Å². The number of carbonyl (C=O) groups excluding carboxylic acids is 1. The second-order valence-electron chi connectivity index (χ2n) is 4.50. The SMILES string of the molecule is COCC(NC(=O)C1CCNC1)C(C)C. The van der Waals surface area contributed by atoms with Crippen LogP contribution in [0.2, 0.25) is 0 Å². The Labute approximate surface area is 91.8 Å². The first-order valence-corrected chi connectivity index (χ1v) is 5.65. The fraction of sp³-hybridized carbons (Fsp3) is 0.909. The van der Waals surface area contributed by atoms with Gasteiger partial charge in [-0.25, -0.2) is 0 Å². The minimum atomic E-state index is 0.128. The van der Waals surface area contributed by atoms with Gasteiger partial charge in [0.25, 0.3) is 0 Å². The van der Waals surface area contributed by atoms with Gasteiger partial charge < -0.3 is 15.4 Å². The molecule has 0 spiro atoms. The van der Waals surface area contributed by atoms with Crippen LogP contribution in [0.4, 0.5) is 0 Å². The highest BCUT2D eigenvalue weighted by molar-refractivity contribution is 5.79. The lowest BCUT2D eigenvalue weighted by molar-refractivity contribution is -0.125. The van der Waals surface area contributed by atoms with Crippen molar-refractivity contribution in [3.05, 3.63) is 0 Å². The maximum absolute atomic E-state index is 11.8. The van der Waals surface area contributed by atoms with Gasteiger partial charge in [-0.1, -0.05) is 13.8 Å². The number of hydrogen-bond donors (Lipinski definition) is 2. The molecule has 1 saturated heterocycles. The van der Waals surface area contributed by atoms with Crippen molar-refractivity contribution in [2.24, 2.45) is 11.8 Å². The summed E-state index contributed by atoms with van der Waals surface area (Å²) < 4.78 is 5.10. The van der Waals surface area contributed by atoms with E-state index in [1.165, 1.54) is 0 Å². The van der Waals surface area contributed by atoms with E-state index < -0.39 is 0 Å². The molecular formula is C11H22N2O2. The summed E-state index contributed by atoms with van der Waals surface area (Å²) in [7, 11) is 1.67. The number of nitrogens with one attached hydrogen (secondary N) is 2. The van der Waals surface area contributed by atoms with Crippen molar-refractivity contribution in [3.8, 4) is 0 Å². The molecule has 1 amide bonds. The second kappa shape index (κ2) is 6.08. The first kappa shape index (κ1) is 12.5. The zero-order valence-electron chi connectivity index (χ0n) is 9.88. The first-order valence-electron chi connectivity index (χ1n) is 5.65.